The molecule has 0 saturated heterocycles. The van der Waals surface area contributed by atoms with E-state index in [-0.39, 0.29) is 17.6 Å². The van der Waals surface area contributed by atoms with Crippen molar-refractivity contribution < 1.29 is 14.0 Å². The molecule has 0 aliphatic carbocycles. The number of nitrogens with zero attached hydrogens (tertiary/aromatic N) is 2. The molecule has 2 atom stereocenters. The zero-order valence-corrected chi connectivity index (χ0v) is 16.7. The van der Waals surface area contributed by atoms with Gasteiger partial charge in [-0.15, -0.1) is 10.2 Å². The standard InChI is InChI=1S/C20H22N4O3S/c1-4-13(3)16(21-17(25)15-9-6-10-27-15)18(26)22-20-24-23-19(28-20)14-8-5-7-12(2)11-14/h5-11,13,16H,4H2,1-3H3,(H,21,25)(H,22,24,26). The lowest BCUT2D eigenvalue weighted by Crippen LogP contribution is -2.47. The van der Waals surface area contributed by atoms with E-state index in [1.807, 2.05) is 45.0 Å². The molecule has 28 heavy (non-hydrogen) atoms. The van der Waals surface area contributed by atoms with Crippen molar-refractivity contribution in [2.45, 2.75) is 33.2 Å². The quantitative estimate of drug-likeness (QED) is 0.629. The lowest BCUT2D eigenvalue weighted by atomic mass is 9.98. The molecule has 3 aromatic rings. The fraction of sp³-hybridized carbons (Fsp3) is 0.300. The molecule has 1 aromatic carbocycles. The first-order chi connectivity index (χ1) is 13.5. The number of carbonyl (C=O) groups is 2. The van der Waals surface area contributed by atoms with Crippen LogP contribution in [0.1, 0.15) is 36.4 Å². The Kier molecular flexibility index (Phi) is 6.20. The summed E-state index contributed by atoms with van der Waals surface area (Å²) in [5.41, 5.74) is 2.07. The largest absolute Gasteiger partial charge is 0.459 e. The van der Waals surface area contributed by atoms with Crippen molar-refractivity contribution in [3.63, 3.8) is 0 Å². The summed E-state index contributed by atoms with van der Waals surface area (Å²) in [5, 5.41) is 14.9. The summed E-state index contributed by atoms with van der Waals surface area (Å²) in [7, 11) is 0. The van der Waals surface area contributed by atoms with E-state index in [0.717, 1.165) is 22.6 Å². The highest BCUT2D eigenvalue weighted by atomic mass is 32.1. The molecule has 2 N–H and O–H groups in total. The topological polar surface area (TPSA) is 97.1 Å². The van der Waals surface area contributed by atoms with Crippen LogP contribution in [0.3, 0.4) is 0 Å². The van der Waals surface area contributed by atoms with Gasteiger partial charge in [0.15, 0.2) is 5.76 Å². The van der Waals surface area contributed by atoms with Crippen LogP contribution in [-0.4, -0.2) is 28.1 Å². The van der Waals surface area contributed by atoms with E-state index in [1.54, 1.807) is 12.1 Å². The summed E-state index contributed by atoms with van der Waals surface area (Å²) in [6.45, 7) is 5.88. The maximum atomic E-state index is 12.8. The van der Waals surface area contributed by atoms with Gasteiger partial charge in [0.2, 0.25) is 11.0 Å². The number of benzene rings is 1. The van der Waals surface area contributed by atoms with Crippen LogP contribution >= 0.6 is 11.3 Å². The number of hydrogen-bond donors (Lipinski definition) is 2. The number of rotatable bonds is 7. The van der Waals surface area contributed by atoms with Crippen molar-refractivity contribution in [2.75, 3.05) is 5.32 Å². The summed E-state index contributed by atoms with van der Waals surface area (Å²) in [6, 6.07) is 10.4. The maximum absolute atomic E-state index is 12.8. The van der Waals surface area contributed by atoms with E-state index in [0.29, 0.717) is 5.13 Å². The van der Waals surface area contributed by atoms with Crippen LogP contribution in [0.2, 0.25) is 0 Å². The van der Waals surface area contributed by atoms with Gasteiger partial charge < -0.3 is 9.73 Å². The molecule has 3 rings (SSSR count). The number of nitrogens with one attached hydrogen (secondary N) is 2. The Bertz CT molecular complexity index is 952. The number of carbonyl (C=O) groups excluding carboxylic acids is 2. The van der Waals surface area contributed by atoms with Gasteiger partial charge in [0, 0.05) is 5.56 Å². The number of anilines is 1. The first-order valence-corrected chi connectivity index (χ1v) is 9.85. The van der Waals surface area contributed by atoms with E-state index in [1.165, 1.54) is 17.6 Å². The molecule has 0 aliphatic rings. The first kappa shape index (κ1) is 19.8. The van der Waals surface area contributed by atoms with Crippen LogP contribution in [0.5, 0.6) is 0 Å². The second-order valence-corrected chi connectivity index (χ2v) is 7.56. The van der Waals surface area contributed by atoms with E-state index in [4.69, 9.17) is 4.42 Å². The zero-order valence-electron chi connectivity index (χ0n) is 15.9. The Morgan fingerprint density at radius 2 is 2.04 bits per heavy atom. The predicted molar refractivity (Wildman–Crippen MR) is 108 cm³/mol. The smallest absolute Gasteiger partial charge is 0.287 e. The summed E-state index contributed by atoms with van der Waals surface area (Å²) < 4.78 is 5.11. The molecule has 0 radical (unpaired) electrons. The summed E-state index contributed by atoms with van der Waals surface area (Å²) in [5.74, 6) is -0.661. The minimum Gasteiger partial charge on any atom is -0.459 e. The molecule has 2 heterocycles. The van der Waals surface area contributed by atoms with E-state index < -0.39 is 11.9 Å². The Morgan fingerprint density at radius 1 is 1.21 bits per heavy atom. The molecule has 2 aromatic heterocycles. The summed E-state index contributed by atoms with van der Waals surface area (Å²) in [4.78, 5) is 25.1. The van der Waals surface area contributed by atoms with Gasteiger partial charge in [0.25, 0.3) is 5.91 Å². The van der Waals surface area contributed by atoms with E-state index >= 15 is 0 Å². The second kappa shape index (κ2) is 8.79. The van der Waals surface area contributed by atoms with Crippen LogP contribution < -0.4 is 10.6 Å². The van der Waals surface area contributed by atoms with Gasteiger partial charge in [-0.1, -0.05) is 55.4 Å². The molecule has 0 fully saturated rings. The molecule has 0 bridgehead atoms. The summed E-state index contributed by atoms with van der Waals surface area (Å²) >= 11 is 1.29. The van der Waals surface area contributed by atoms with Gasteiger partial charge in [-0.25, -0.2) is 0 Å². The number of aromatic nitrogens is 2. The van der Waals surface area contributed by atoms with Crippen molar-refractivity contribution in [1.29, 1.82) is 0 Å². The molecular weight excluding hydrogens is 376 g/mol. The molecule has 7 nitrogen and oxygen atoms in total. The Balaban J connectivity index is 1.72. The molecule has 146 valence electrons. The van der Waals surface area contributed by atoms with Gasteiger partial charge in [-0.05, 0) is 31.0 Å². The Labute approximate surface area is 167 Å². The van der Waals surface area contributed by atoms with Crippen molar-refractivity contribution in [2.24, 2.45) is 5.92 Å². The fourth-order valence-corrected chi connectivity index (χ4v) is 3.42. The third-order valence-electron chi connectivity index (χ3n) is 4.45. The number of furan rings is 1. The van der Waals surface area contributed by atoms with Gasteiger partial charge in [0.1, 0.15) is 11.0 Å². The van der Waals surface area contributed by atoms with Crippen LogP contribution in [0.4, 0.5) is 5.13 Å². The van der Waals surface area contributed by atoms with Crippen LogP contribution in [0, 0.1) is 12.8 Å². The van der Waals surface area contributed by atoms with Crippen LogP contribution in [0.25, 0.3) is 10.6 Å². The lowest BCUT2D eigenvalue weighted by molar-refractivity contribution is -0.119. The van der Waals surface area contributed by atoms with E-state index in [9.17, 15) is 9.59 Å². The highest BCUT2D eigenvalue weighted by Gasteiger charge is 2.28. The van der Waals surface area contributed by atoms with Crippen LogP contribution in [0.15, 0.2) is 47.1 Å². The zero-order chi connectivity index (χ0) is 20.1. The van der Waals surface area contributed by atoms with Gasteiger partial charge >= 0.3 is 0 Å². The average Bonchev–Trinajstić information content (AvgIpc) is 3.37. The lowest BCUT2D eigenvalue weighted by Gasteiger charge is -2.22. The molecule has 0 aliphatic heterocycles. The van der Waals surface area contributed by atoms with Gasteiger partial charge in [-0.2, -0.15) is 0 Å². The highest BCUT2D eigenvalue weighted by Crippen LogP contribution is 2.27. The monoisotopic (exact) mass is 398 g/mol. The number of hydrogen-bond acceptors (Lipinski definition) is 6. The fourth-order valence-electron chi connectivity index (χ4n) is 2.67. The molecule has 8 heteroatoms. The maximum Gasteiger partial charge on any atom is 0.287 e. The SMILES string of the molecule is CCC(C)C(NC(=O)c1ccco1)C(=O)Nc1nnc(-c2cccc(C)c2)s1. The Hall–Kier alpha value is -3.00. The minimum absolute atomic E-state index is 0.0666. The normalized spacial score (nSPS) is 13.0. The minimum atomic E-state index is -0.714. The highest BCUT2D eigenvalue weighted by molar-refractivity contribution is 7.18. The van der Waals surface area contributed by atoms with Crippen molar-refractivity contribution >= 4 is 28.3 Å². The predicted octanol–water partition coefficient (Wildman–Crippen LogP) is 3.89. The molecule has 0 saturated carbocycles. The van der Waals surface area contributed by atoms with Crippen molar-refractivity contribution in [3.05, 3.63) is 54.0 Å². The number of aryl methyl sites for hydroxylation is 1. The van der Waals surface area contributed by atoms with Crippen molar-refractivity contribution in [1.82, 2.24) is 15.5 Å². The molecule has 2 amide bonds. The Morgan fingerprint density at radius 3 is 2.71 bits per heavy atom. The molecule has 0 spiro atoms. The first-order valence-electron chi connectivity index (χ1n) is 9.03. The third kappa shape index (κ3) is 4.64. The number of amides is 2. The second-order valence-electron chi connectivity index (χ2n) is 6.59. The summed E-state index contributed by atoms with van der Waals surface area (Å²) in [6.07, 6.45) is 2.14. The van der Waals surface area contributed by atoms with Gasteiger partial charge in [-0.3, -0.25) is 14.9 Å². The molecule has 2 unspecified atom stereocenters. The van der Waals surface area contributed by atoms with Crippen LogP contribution in [-0.2, 0) is 4.79 Å². The van der Waals surface area contributed by atoms with Crippen molar-refractivity contribution in [3.8, 4) is 10.6 Å². The van der Waals surface area contributed by atoms with E-state index in [2.05, 4.69) is 20.8 Å². The molecular formula is C20H22N4O3S. The third-order valence-corrected chi connectivity index (χ3v) is 5.33. The van der Waals surface area contributed by atoms with Gasteiger partial charge in [0.05, 0.1) is 6.26 Å². The average molecular weight is 398 g/mol.